The standard InChI is InChI=1S/C13H21F2NO/c14-13(15)7-5-11(6-8-13)12(17)16-9-3-1-2-4-10-16/h11H,1-10H2. The summed E-state index contributed by atoms with van der Waals surface area (Å²) in [5, 5.41) is 0. The highest BCUT2D eigenvalue weighted by Crippen LogP contribution is 2.37. The van der Waals surface area contributed by atoms with Crippen LogP contribution in [0.3, 0.4) is 0 Å². The van der Waals surface area contributed by atoms with Crippen molar-refractivity contribution in [2.24, 2.45) is 5.92 Å². The van der Waals surface area contributed by atoms with Gasteiger partial charge in [0.2, 0.25) is 11.8 Å². The van der Waals surface area contributed by atoms with E-state index < -0.39 is 5.92 Å². The average Bonchev–Trinajstić information content (AvgIpc) is 2.56. The van der Waals surface area contributed by atoms with E-state index >= 15 is 0 Å². The van der Waals surface area contributed by atoms with Gasteiger partial charge in [0, 0.05) is 31.8 Å². The van der Waals surface area contributed by atoms with Crippen molar-refractivity contribution < 1.29 is 13.6 Å². The molecule has 2 nitrogen and oxygen atoms in total. The summed E-state index contributed by atoms with van der Waals surface area (Å²) in [7, 11) is 0. The fraction of sp³-hybridized carbons (Fsp3) is 0.923. The lowest BCUT2D eigenvalue weighted by Crippen LogP contribution is -2.39. The van der Waals surface area contributed by atoms with Crippen molar-refractivity contribution in [2.75, 3.05) is 13.1 Å². The van der Waals surface area contributed by atoms with Gasteiger partial charge in [0.15, 0.2) is 0 Å². The molecular weight excluding hydrogens is 224 g/mol. The van der Waals surface area contributed by atoms with Gasteiger partial charge in [-0.1, -0.05) is 12.8 Å². The number of halogens is 2. The van der Waals surface area contributed by atoms with Crippen molar-refractivity contribution in [1.29, 1.82) is 0 Å². The molecule has 0 aromatic carbocycles. The van der Waals surface area contributed by atoms with Gasteiger partial charge in [0.1, 0.15) is 0 Å². The van der Waals surface area contributed by atoms with Crippen LogP contribution in [0.15, 0.2) is 0 Å². The van der Waals surface area contributed by atoms with Crippen LogP contribution in [-0.2, 0) is 4.79 Å². The minimum Gasteiger partial charge on any atom is -0.342 e. The molecule has 0 spiro atoms. The first kappa shape index (κ1) is 12.8. The molecule has 1 saturated heterocycles. The first-order valence-corrected chi connectivity index (χ1v) is 6.75. The largest absolute Gasteiger partial charge is 0.342 e. The second-order valence-electron chi connectivity index (χ2n) is 5.37. The van der Waals surface area contributed by atoms with Crippen LogP contribution in [0.5, 0.6) is 0 Å². The molecule has 2 rings (SSSR count). The number of alkyl halides is 2. The summed E-state index contributed by atoms with van der Waals surface area (Å²) in [5.74, 6) is -2.55. The number of carbonyl (C=O) groups is 1. The zero-order valence-electron chi connectivity index (χ0n) is 10.3. The van der Waals surface area contributed by atoms with Crippen LogP contribution in [0, 0.1) is 5.92 Å². The lowest BCUT2D eigenvalue weighted by atomic mass is 9.86. The molecular formula is C13H21F2NO. The molecule has 98 valence electrons. The summed E-state index contributed by atoms with van der Waals surface area (Å²) in [6.45, 7) is 1.65. The normalized spacial score (nSPS) is 26.6. The van der Waals surface area contributed by atoms with Gasteiger partial charge in [-0.25, -0.2) is 8.78 Å². The Morgan fingerprint density at radius 3 is 2.06 bits per heavy atom. The maximum atomic E-state index is 13.0. The number of amides is 1. The molecule has 0 aromatic rings. The lowest BCUT2D eigenvalue weighted by Gasteiger charge is -2.31. The smallest absolute Gasteiger partial charge is 0.248 e. The quantitative estimate of drug-likeness (QED) is 0.694. The third-order valence-electron chi connectivity index (χ3n) is 3.98. The highest BCUT2D eigenvalue weighted by atomic mass is 19.3. The topological polar surface area (TPSA) is 20.3 Å². The molecule has 0 bridgehead atoms. The van der Waals surface area contributed by atoms with E-state index in [1.807, 2.05) is 4.90 Å². The molecule has 1 heterocycles. The molecule has 2 aliphatic rings. The van der Waals surface area contributed by atoms with Gasteiger partial charge in [-0.3, -0.25) is 4.79 Å². The molecule has 1 aliphatic heterocycles. The maximum absolute atomic E-state index is 13.0. The van der Waals surface area contributed by atoms with Crippen molar-refractivity contribution >= 4 is 5.91 Å². The molecule has 0 aromatic heterocycles. The van der Waals surface area contributed by atoms with Crippen LogP contribution in [0.1, 0.15) is 51.4 Å². The number of hydrogen-bond donors (Lipinski definition) is 0. The molecule has 1 saturated carbocycles. The van der Waals surface area contributed by atoms with E-state index in [9.17, 15) is 13.6 Å². The first-order chi connectivity index (χ1) is 8.08. The Labute approximate surface area is 101 Å². The zero-order valence-corrected chi connectivity index (χ0v) is 10.3. The van der Waals surface area contributed by atoms with Crippen molar-refractivity contribution in [3.8, 4) is 0 Å². The SMILES string of the molecule is O=C(C1CCC(F)(F)CC1)N1CCCCCC1. The van der Waals surface area contributed by atoms with Crippen molar-refractivity contribution in [3.63, 3.8) is 0 Å². The number of hydrogen-bond acceptors (Lipinski definition) is 1. The number of rotatable bonds is 1. The minimum absolute atomic E-state index is 0.114. The van der Waals surface area contributed by atoms with Crippen LogP contribution >= 0.6 is 0 Å². The Morgan fingerprint density at radius 1 is 1.00 bits per heavy atom. The average molecular weight is 245 g/mol. The van der Waals surface area contributed by atoms with Gasteiger partial charge in [-0.2, -0.15) is 0 Å². The van der Waals surface area contributed by atoms with Crippen LogP contribution in [-0.4, -0.2) is 29.8 Å². The van der Waals surface area contributed by atoms with Crippen LogP contribution in [0.2, 0.25) is 0 Å². The predicted octanol–water partition coefficient (Wildman–Crippen LogP) is 3.21. The molecule has 0 atom stereocenters. The van der Waals surface area contributed by atoms with Crippen LogP contribution < -0.4 is 0 Å². The summed E-state index contributed by atoms with van der Waals surface area (Å²) < 4.78 is 26.0. The molecule has 4 heteroatoms. The molecule has 0 unspecified atom stereocenters. The van der Waals surface area contributed by atoms with Gasteiger partial charge in [-0.15, -0.1) is 0 Å². The van der Waals surface area contributed by atoms with E-state index in [1.54, 1.807) is 0 Å². The third-order valence-corrected chi connectivity index (χ3v) is 3.98. The summed E-state index contributed by atoms with van der Waals surface area (Å²) in [5.41, 5.74) is 0. The van der Waals surface area contributed by atoms with E-state index in [4.69, 9.17) is 0 Å². The van der Waals surface area contributed by atoms with E-state index in [1.165, 1.54) is 12.8 Å². The van der Waals surface area contributed by atoms with E-state index in [2.05, 4.69) is 0 Å². The van der Waals surface area contributed by atoms with Gasteiger partial charge in [-0.05, 0) is 25.7 Å². The minimum atomic E-state index is -2.53. The number of likely N-dealkylation sites (tertiary alicyclic amines) is 1. The maximum Gasteiger partial charge on any atom is 0.248 e. The van der Waals surface area contributed by atoms with E-state index in [0.717, 1.165) is 25.9 Å². The van der Waals surface area contributed by atoms with Crippen LogP contribution in [0.25, 0.3) is 0 Å². The predicted molar refractivity (Wildman–Crippen MR) is 62.0 cm³/mol. The highest BCUT2D eigenvalue weighted by Gasteiger charge is 2.38. The van der Waals surface area contributed by atoms with E-state index in [-0.39, 0.29) is 24.7 Å². The van der Waals surface area contributed by atoms with Gasteiger partial charge in [0.05, 0.1) is 0 Å². The van der Waals surface area contributed by atoms with Crippen molar-refractivity contribution in [1.82, 2.24) is 4.90 Å². The first-order valence-electron chi connectivity index (χ1n) is 6.75. The molecule has 0 radical (unpaired) electrons. The van der Waals surface area contributed by atoms with Crippen molar-refractivity contribution in [3.05, 3.63) is 0 Å². The highest BCUT2D eigenvalue weighted by molar-refractivity contribution is 5.79. The van der Waals surface area contributed by atoms with Gasteiger partial charge >= 0.3 is 0 Å². The molecule has 17 heavy (non-hydrogen) atoms. The summed E-state index contributed by atoms with van der Waals surface area (Å²) in [6.07, 6.45) is 5.00. The molecule has 0 N–H and O–H groups in total. The monoisotopic (exact) mass is 245 g/mol. The Kier molecular flexibility index (Phi) is 4.00. The summed E-state index contributed by atoms with van der Waals surface area (Å²) in [6, 6.07) is 0. The van der Waals surface area contributed by atoms with Gasteiger partial charge < -0.3 is 4.90 Å². The fourth-order valence-electron chi connectivity index (χ4n) is 2.84. The number of nitrogens with zero attached hydrogens (tertiary/aromatic N) is 1. The molecule has 1 aliphatic carbocycles. The van der Waals surface area contributed by atoms with Crippen LogP contribution in [0.4, 0.5) is 8.78 Å². The fourth-order valence-corrected chi connectivity index (χ4v) is 2.84. The molecule has 2 fully saturated rings. The Morgan fingerprint density at radius 2 is 1.53 bits per heavy atom. The lowest BCUT2D eigenvalue weighted by molar-refractivity contribution is -0.139. The van der Waals surface area contributed by atoms with Gasteiger partial charge in [0.25, 0.3) is 0 Å². The third kappa shape index (κ3) is 3.39. The second kappa shape index (κ2) is 5.32. The Balaban J connectivity index is 1.87. The zero-order chi connectivity index (χ0) is 12.3. The Hall–Kier alpha value is -0.670. The van der Waals surface area contributed by atoms with Crippen molar-refractivity contribution in [2.45, 2.75) is 57.3 Å². The summed E-state index contributed by atoms with van der Waals surface area (Å²) >= 11 is 0. The summed E-state index contributed by atoms with van der Waals surface area (Å²) in [4.78, 5) is 14.1. The number of carbonyl (C=O) groups excluding carboxylic acids is 1. The second-order valence-corrected chi connectivity index (χ2v) is 5.37. The Bertz CT molecular complexity index is 263. The molecule has 1 amide bonds. The van der Waals surface area contributed by atoms with E-state index in [0.29, 0.717) is 12.8 Å².